The lowest BCUT2D eigenvalue weighted by molar-refractivity contribution is 0.0720. The first kappa shape index (κ1) is 16.1. The Labute approximate surface area is 135 Å². The summed E-state index contributed by atoms with van der Waals surface area (Å²) >= 11 is 0. The van der Waals surface area contributed by atoms with Crippen molar-refractivity contribution in [3.8, 4) is 0 Å². The number of nitrogens with zero attached hydrogens (tertiary/aromatic N) is 2. The van der Waals surface area contributed by atoms with Crippen molar-refractivity contribution in [1.29, 1.82) is 0 Å². The van der Waals surface area contributed by atoms with Crippen molar-refractivity contribution in [3.05, 3.63) is 59.9 Å². The number of sulfonamides is 1. The molecule has 6 nitrogen and oxygen atoms in total. The second kappa shape index (κ2) is 6.37. The SMILES string of the molecule is O=S1(=O)c2ccccc2[C@H](O)[C@@H](Cc2ccccn2)N1CCO. The quantitative estimate of drug-likeness (QED) is 0.860. The second-order valence-corrected chi connectivity index (χ2v) is 7.27. The zero-order valence-corrected chi connectivity index (χ0v) is 13.2. The summed E-state index contributed by atoms with van der Waals surface area (Å²) < 4.78 is 26.8. The summed E-state index contributed by atoms with van der Waals surface area (Å²) in [5.74, 6) is 0. The molecule has 0 spiro atoms. The second-order valence-electron chi connectivity index (χ2n) is 5.41. The number of pyridine rings is 1. The molecule has 2 N–H and O–H groups in total. The fourth-order valence-electron chi connectivity index (χ4n) is 2.96. The molecule has 122 valence electrons. The molecule has 1 aromatic carbocycles. The molecule has 1 aliphatic heterocycles. The highest BCUT2D eigenvalue weighted by molar-refractivity contribution is 7.89. The molecule has 3 rings (SSSR count). The Morgan fingerprint density at radius 1 is 1.13 bits per heavy atom. The van der Waals surface area contributed by atoms with Crippen molar-refractivity contribution in [3.63, 3.8) is 0 Å². The molecule has 2 atom stereocenters. The van der Waals surface area contributed by atoms with Crippen LogP contribution in [-0.2, 0) is 16.4 Å². The van der Waals surface area contributed by atoms with Crippen LogP contribution in [0.25, 0.3) is 0 Å². The van der Waals surface area contributed by atoms with Crippen LogP contribution in [0.15, 0.2) is 53.6 Å². The maximum absolute atomic E-state index is 12.8. The molecule has 2 heterocycles. The summed E-state index contributed by atoms with van der Waals surface area (Å²) in [6, 6.07) is 11.1. The van der Waals surface area contributed by atoms with E-state index in [1.807, 2.05) is 6.07 Å². The molecule has 1 aliphatic rings. The van der Waals surface area contributed by atoms with E-state index in [9.17, 15) is 18.6 Å². The summed E-state index contributed by atoms with van der Waals surface area (Å²) in [4.78, 5) is 4.31. The van der Waals surface area contributed by atoms with Gasteiger partial charge in [0.2, 0.25) is 10.0 Å². The van der Waals surface area contributed by atoms with Crippen LogP contribution in [0.2, 0.25) is 0 Å². The van der Waals surface area contributed by atoms with E-state index < -0.39 is 22.2 Å². The number of aromatic nitrogens is 1. The number of hydrogen-bond donors (Lipinski definition) is 2. The molecule has 0 amide bonds. The molecule has 2 aromatic rings. The van der Waals surface area contributed by atoms with Gasteiger partial charge in [0.1, 0.15) is 0 Å². The van der Waals surface area contributed by atoms with E-state index in [2.05, 4.69) is 4.98 Å². The van der Waals surface area contributed by atoms with Crippen LogP contribution in [0, 0.1) is 0 Å². The summed E-state index contributed by atoms with van der Waals surface area (Å²) in [7, 11) is -3.76. The maximum Gasteiger partial charge on any atom is 0.243 e. The monoisotopic (exact) mass is 334 g/mol. The third-order valence-electron chi connectivity index (χ3n) is 4.02. The van der Waals surface area contributed by atoms with Crippen LogP contribution in [0.5, 0.6) is 0 Å². The van der Waals surface area contributed by atoms with Gasteiger partial charge in [0.15, 0.2) is 0 Å². The van der Waals surface area contributed by atoms with Crippen LogP contribution >= 0.6 is 0 Å². The molecular weight excluding hydrogens is 316 g/mol. The predicted octanol–water partition coefficient (Wildman–Crippen LogP) is 0.723. The average molecular weight is 334 g/mol. The van der Waals surface area contributed by atoms with Gasteiger partial charge in [-0.2, -0.15) is 4.31 Å². The topological polar surface area (TPSA) is 90.7 Å². The molecular formula is C16H18N2O4S. The van der Waals surface area contributed by atoms with Gasteiger partial charge in [-0.15, -0.1) is 0 Å². The van der Waals surface area contributed by atoms with E-state index in [0.717, 1.165) is 0 Å². The number of rotatable bonds is 4. The highest BCUT2D eigenvalue weighted by atomic mass is 32.2. The fourth-order valence-corrected chi connectivity index (χ4v) is 4.82. The van der Waals surface area contributed by atoms with Crippen molar-refractivity contribution >= 4 is 10.0 Å². The Bertz CT molecular complexity index is 780. The van der Waals surface area contributed by atoms with Crippen LogP contribution in [-0.4, -0.2) is 47.1 Å². The van der Waals surface area contributed by atoms with E-state index in [0.29, 0.717) is 11.3 Å². The Morgan fingerprint density at radius 3 is 2.57 bits per heavy atom. The molecule has 0 fully saturated rings. The van der Waals surface area contributed by atoms with Crippen LogP contribution < -0.4 is 0 Å². The molecule has 7 heteroatoms. The first-order valence-corrected chi connectivity index (χ1v) is 8.79. The van der Waals surface area contributed by atoms with Crippen molar-refractivity contribution in [1.82, 2.24) is 9.29 Å². The molecule has 0 bridgehead atoms. The molecule has 0 saturated carbocycles. The zero-order valence-electron chi connectivity index (χ0n) is 12.4. The lowest BCUT2D eigenvalue weighted by Gasteiger charge is -2.38. The van der Waals surface area contributed by atoms with Gasteiger partial charge in [-0.1, -0.05) is 24.3 Å². The number of fused-ring (bicyclic) bond motifs is 1. The Morgan fingerprint density at radius 2 is 1.87 bits per heavy atom. The number of hydrogen-bond acceptors (Lipinski definition) is 5. The molecule has 1 aromatic heterocycles. The van der Waals surface area contributed by atoms with E-state index >= 15 is 0 Å². The summed E-state index contributed by atoms with van der Waals surface area (Å²) in [5, 5.41) is 20.0. The number of benzene rings is 1. The first-order chi connectivity index (χ1) is 11.1. The molecule has 0 radical (unpaired) electrons. The molecule has 0 unspecified atom stereocenters. The summed E-state index contributed by atoms with van der Waals surface area (Å²) in [6.45, 7) is -0.377. The third kappa shape index (κ3) is 2.88. The fraction of sp³-hybridized carbons (Fsp3) is 0.312. The van der Waals surface area contributed by atoms with Crippen LogP contribution in [0.3, 0.4) is 0 Å². The lowest BCUT2D eigenvalue weighted by Crippen LogP contribution is -2.50. The number of aliphatic hydroxyl groups excluding tert-OH is 2. The van der Waals surface area contributed by atoms with Gasteiger partial charge in [0, 0.05) is 30.4 Å². The van der Waals surface area contributed by atoms with Crippen LogP contribution in [0.4, 0.5) is 0 Å². The minimum absolute atomic E-state index is 0.0643. The van der Waals surface area contributed by atoms with Crippen molar-refractivity contribution < 1.29 is 18.6 Å². The highest BCUT2D eigenvalue weighted by Crippen LogP contribution is 2.37. The van der Waals surface area contributed by atoms with Gasteiger partial charge in [-0.3, -0.25) is 4.98 Å². The summed E-state index contributed by atoms with van der Waals surface area (Å²) in [6.07, 6.45) is 0.933. The van der Waals surface area contributed by atoms with Crippen molar-refractivity contribution in [2.45, 2.75) is 23.5 Å². The van der Waals surface area contributed by atoms with E-state index in [4.69, 9.17) is 0 Å². The van der Waals surface area contributed by atoms with Gasteiger partial charge in [0.05, 0.1) is 23.6 Å². The summed E-state index contributed by atoms with van der Waals surface area (Å²) in [5.41, 5.74) is 1.08. The largest absolute Gasteiger partial charge is 0.395 e. The third-order valence-corrected chi connectivity index (χ3v) is 6.02. The number of aliphatic hydroxyl groups is 2. The van der Waals surface area contributed by atoms with Gasteiger partial charge >= 0.3 is 0 Å². The predicted molar refractivity (Wildman–Crippen MR) is 84.1 cm³/mol. The van der Waals surface area contributed by atoms with Gasteiger partial charge < -0.3 is 10.2 Å². The van der Waals surface area contributed by atoms with Gasteiger partial charge in [-0.05, 0) is 18.2 Å². The maximum atomic E-state index is 12.8. The lowest BCUT2D eigenvalue weighted by atomic mass is 9.97. The normalized spacial score (nSPS) is 23.4. The minimum atomic E-state index is -3.76. The van der Waals surface area contributed by atoms with Crippen molar-refractivity contribution in [2.24, 2.45) is 0 Å². The Kier molecular flexibility index (Phi) is 4.45. The number of β-amino-alcohol motifs (C(OH)–C–C–N with tert-alkyl or cyclic N) is 1. The standard InChI is InChI=1S/C16H18N2O4S/c19-10-9-18-14(11-12-5-3-4-8-17-12)16(20)13-6-1-2-7-15(13)23(18,21)22/h1-8,14,16,19-20H,9-11H2/t14-,16+/m1/s1. The molecule has 0 aliphatic carbocycles. The molecule has 0 saturated heterocycles. The molecule has 23 heavy (non-hydrogen) atoms. The Hall–Kier alpha value is -1.80. The highest BCUT2D eigenvalue weighted by Gasteiger charge is 2.43. The van der Waals surface area contributed by atoms with Crippen LogP contribution in [0.1, 0.15) is 17.4 Å². The van der Waals surface area contributed by atoms with E-state index in [-0.39, 0.29) is 24.5 Å². The smallest absolute Gasteiger partial charge is 0.243 e. The zero-order chi connectivity index (χ0) is 16.4. The minimum Gasteiger partial charge on any atom is -0.395 e. The average Bonchev–Trinajstić information content (AvgIpc) is 2.57. The van der Waals surface area contributed by atoms with E-state index in [1.165, 1.54) is 10.4 Å². The Balaban J connectivity index is 2.07. The van der Waals surface area contributed by atoms with E-state index in [1.54, 1.807) is 36.5 Å². The van der Waals surface area contributed by atoms with Gasteiger partial charge in [-0.25, -0.2) is 8.42 Å². The first-order valence-electron chi connectivity index (χ1n) is 7.35. The van der Waals surface area contributed by atoms with Gasteiger partial charge in [0.25, 0.3) is 0 Å². The van der Waals surface area contributed by atoms with Crippen molar-refractivity contribution in [2.75, 3.05) is 13.2 Å².